The van der Waals surface area contributed by atoms with E-state index in [0.29, 0.717) is 52.7 Å². The lowest BCUT2D eigenvalue weighted by Crippen LogP contribution is -2.31. The van der Waals surface area contributed by atoms with Crippen LogP contribution >= 0.6 is 15.9 Å². The maximum Gasteiger partial charge on any atom is 0.268 e. The largest absolute Gasteiger partial charge is 0.491 e. The van der Waals surface area contributed by atoms with E-state index >= 15 is 0 Å². The SMILES string of the molecule is C#CC(O)(CF)CF.NC(=O)c1cn2c(n1)-c1cc(Br)c(F)cc1OCC2.NC(=O)c1cn2c(n1)-c1cc(C#CC(O)(CF)CF)c(F)cc1OCC2. The second-order valence-electron chi connectivity index (χ2n) is 11.3. The molecule has 6 rings (SSSR count). The van der Waals surface area contributed by atoms with Gasteiger partial charge in [0.1, 0.15) is 86.1 Å². The number of nitrogens with two attached hydrogens (primary N) is 2. The highest BCUT2D eigenvalue weighted by atomic mass is 79.9. The summed E-state index contributed by atoms with van der Waals surface area (Å²) in [6, 6.07) is 5.23. The zero-order valence-corrected chi connectivity index (χ0v) is 28.9. The number of nitrogens with zero attached hydrogens (tertiary/aromatic N) is 4. The van der Waals surface area contributed by atoms with Gasteiger partial charge in [0.15, 0.2) is 11.2 Å². The molecule has 2 aromatic carbocycles. The number of fused-ring (bicyclic) bond motifs is 6. The summed E-state index contributed by atoms with van der Waals surface area (Å²) in [6.07, 6.45) is 7.58. The number of carbonyl (C=O) groups is 2. The fourth-order valence-electron chi connectivity index (χ4n) is 4.51. The van der Waals surface area contributed by atoms with Gasteiger partial charge in [-0.3, -0.25) is 9.59 Å². The predicted octanol–water partition coefficient (Wildman–Crippen LogP) is 3.43. The van der Waals surface area contributed by atoms with Crippen molar-refractivity contribution in [2.75, 3.05) is 39.9 Å². The highest BCUT2D eigenvalue weighted by Gasteiger charge is 2.26. The monoisotopic (exact) mass is 810 g/mol. The Balaban J connectivity index is 0.000000203. The summed E-state index contributed by atoms with van der Waals surface area (Å²) >= 11 is 3.13. The van der Waals surface area contributed by atoms with Crippen molar-refractivity contribution < 1.29 is 55.6 Å². The lowest BCUT2D eigenvalue weighted by molar-refractivity contribution is 0.0466. The van der Waals surface area contributed by atoms with Crippen molar-refractivity contribution in [1.29, 1.82) is 0 Å². The molecule has 280 valence electrons. The van der Waals surface area contributed by atoms with Gasteiger partial charge in [0.05, 0.1) is 34.3 Å². The number of benzene rings is 2. The normalized spacial score (nSPS) is 12.7. The van der Waals surface area contributed by atoms with Crippen LogP contribution in [0.25, 0.3) is 22.8 Å². The van der Waals surface area contributed by atoms with E-state index in [2.05, 4.69) is 38.2 Å². The van der Waals surface area contributed by atoms with Crippen molar-refractivity contribution in [3.63, 3.8) is 0 Å². The molecule has 4 heterocycles. The molecule has 0 radical (unpaired) electrons. The summed E-state index contributed by atoms with van der Waals surface area (Å²) in [7, 11) is 0. The van der Waals surface area contributed by atoms with Gasteiger partial charge in [0, 0.05) is 24.5 Å². The fraction of sp³-hybridized carbons (Fsp3) is 0.294. The Kier molecular flexibility index (Phi) is 12.8. The molecule has 2 aromatic heterocycles. The highest BCUT2D eigenvalue weighted by molar-refractivity contribution is 9.10. The number of carbonyl (C=O) groups excluding carboxylic acids is 2. The quantitative estimate of drug-likeness (QED) is 0.169. The number of hydrogen-bond donors (Lipinski definition) is 4. The summed E-state index contributed by atoms with van der Waals surface area (Å²) in [6.45, 7) is -3.88. The van der Waals surface area contributed by atoms with E-state index in [1.807, 2.05) is 5.92 Å². The molecule has 0 unspecified atom stereocenters. The predicted molar refractivity (Wildman–Crippen MR) is 180 cm³/mol. The Morgan fingerprint density at radius 1 is 0.811 bits per heavy atom. The smallest absolute Gasteiger partial charge is 0.268 e. The topological polar surface area (TPSA) is 181 Å². The molecule has 0 fully saturated rings. The van der Waals surface area contributed by atoms with Gasteiger partial charge >= 0.3 is 0 Å². The average molecular weight is 812 g/mol. The molecule has 0 saturated carbocycles. The molecule has 0 saturated heterocycles. The molecule has 53 heavy (non-hydrogen) atoms. The van der Waals surface area contributed by atoms with Gasteiger partial charge in [-0.05, 0) is 28.1 Å². The number of halogens is 7. The van der Waals surface area contributed by atoms with Crippen molar-refractivity contribution in [2.45, 2.75) is 24.3 Å². The molecule has 12 nitrogen and oxygen atoms in total. The number of ether oxygens (including phenoxy) is 2. The van der Waals surface area contributed by atoms with Gasteiger partial charge in [0.2, 0.25) is 0 Å². The first kappa shape index (κ1) is 40.3. The van der Waals surface area contributed by atoms with E-state index in [1.54, 1.807) is 27.3 Å². The Morgan fingerprint density at radius 2 is 1.26 bits per heavy atom. The van der Waals surface area contributed by atoms with E-state index < -0.39 is 61.3 Å². The third-order valence-electron chi connectivity index (χ3n) is 7.39. The maximum absolute atomic E-state index is 14.2. The summed E-state index contributed by atoms with van der Waals surface area (Å²) in [4.78, 5) is 30.9. The Hall–Kier alpha value is -5.50. The molecule has 4 aromatic rings. The first-order chi connectivity index (χ1) is 25.1. The molecule has 2 aliphatic rings. The molecule has 0 spiro atoms. The minimum absolute atomic E-state index is 0.0362. The first-order valence-corrected chi connectivity index (χ1v) is 15.9. The second kappa shape index (κ2) is 16.9. The van der Waals surface area contributed by atoms with Crippen LogP contribution in [0.4, 0.5) is 26.3 Å². The Morgan fingerprint density at radius 3 is 1.68 bits per heavy atom. The fourth-order valence-corrected chi connectivity index (χ4v) is 4.86. The van der Waals surface area contributed by atoms with E-state index in [4.69, 9.17) is 26.0 Å². The molecule has 2 amide bonds. The number of aromatic nitrogens is 4. The van der Waals surface area contributed by atoms with Crippen molar-refractivity contribution >= 4 is 27.7 Å². The number of hydrogen-bond acceptors (Lipinski definition) is 8. The minimum atomic E-state index is -2.49. The van der Waals surface area contributed by atoms with Crippen molar-refractivity contribution in [1.82, 2.24) is 19.1 Å². The van der Waals surface area contributed by atoms with Crippen LogP contribution in [0.5, 0.6) is 11.5 Å². The van der Waals surface area contributed by atoms with E-state index in [1.165, 1.54) is 18.3 Å². The van der Waals surface area contributed by atoms with Crippen LogP contribution in [-0.2, 0) is 13.1 Å². The standard InChI is InChI=1S/C17H14F3N3O3.C12H9BrFN3O2.C5H6F2O/c18-8-17(25,9-19)2-1-10-5-11-14(6-12(10)20)26-4-3-23-7-13(15(21)24)22-16(11)23;13-7-3-6-10(4-8(7)14)19-2-1-17-5-9(11(15)18)16-12(6)17;1-2-5(8,3-6)4-7/h5-7,25H,3-4,8-9H2,(H2,21,24);3-5H,1-2H2,(H2,15,18);1,8H,3-4H2. The zero-order valence-electron chi connectivity index (χ0n) is 27.3. The molecule has 0 bridgehead atoms. The third-order valence-corrected chi connectivity index (χ3v) is 8.00. The van der Waals surface area contributed by atoms with Crippen molar-refractivity contribution in [2.24, 2.45) is 11.5 Å². The average Bonchev–Trinajstić information content (AvgIpc) is 3.69. The van der Waals surface area contributed by atoms with Crippen LogP contribution in [0.2, 0.25) is 0 Å². The molecule has 0 aliphatic carbocycles. The first-order valence-electron chi connectivity index (χ1n) is 15.1. The van der Waals surface area contributed by atoms with Crippen LogP contribution < -0.4 is 20.9 Å². The number of imidazole rings is 2. The molecular weight excluding hydrogens is 782 g/mol. The molecule has 6 N–H and O–H groups in total. The van der Waals surface area contributed by atoms with Crippen LogP contribution in [0.3, 0.4) is 0 Å². The van der Waals surface area contributed by atoms with Crippen molar-refractivity contribution in [3.05, 3.63) is 69.7 Å². The van der Waals surface area contributed by atoms with Gasteiger partial charge in [-0.25, -0.2) is 36.3 Å². The number of alkyl halides is 4. The summed E-state index contributed by atoms with van der Waals surface area (Å²) in [5, 5.41) is 18.0. The third kappa shape index (κ3) is 9.30. The maximum atomic E-state index is 14.2. The molecule has 19 heteroatoms. The number of rotatable bonds is 6. The van der Waals surface area contributed by atoms with Crippen LogP contribution in [-0.4, -0.2) is 92.2 Å². The van der Waals surface area contributed by atoms with Gasteiger partial charge in [0.25, 0.3) is 11.8 Å². The van der Waals surface area contributed by atoms with Gasteiger partial charge in [-0.2, -0.15) is 0 Å². The van der Waals surface area contributed by atoms with E-state index in [-0.39, 0.29) is 29.3 Å². The molecule has 0 atom stereocenters. The van der Waals surface area contributed by atoms with Crippen molar-refractivity contribution in [3.8, 4) is 58.5 Å². The van der Waals surface area contributed by atoms with E-state index in [9.17, 15) is 41.0 Å². The minimum Gasteiger partial charge on any atom is -0.491 e. The lowest BCUT2D eigenvalue weighted by Gasteiger charge is -2.12. The summed E-state index contributed by atoms with van der Waals surface area (Å²) in [5.41, 5.74) is 6.77. The highest BCUT2D eigenvalue weighted by Crippen LogP contribution is 2.36. The van der Waals surface area contributed by atoms with Crippen LogP contribution in [0.15, 0.2) is 41.1 Å². The van der Waals surface area contributed by atoms with Crippen LogP contribution in [0, 0.1) is 35.8 Å². The molecule has 2 aliphatic heterocycles. The summed E-state index contributed by atoms with van der Waals surface area (Å²) in [5.74, 6) is 4.77. The number of aliphatic hydroxyl groups is 2. The second-order valence-corrected chi connectivity index (χ2v) is 12.1. The Bertz CT molecular complexity index is 2120. The van der Waals surface area contributed by atoms with Gasteiger partial charge < -0.3 is 40.3 Å². The molecular formula is C34H29BrF6N6O6. The Labute approximate surface area is 305 Å². The van der Waals surface area contributed by atoms with E-state index in [0.717, 1.165) is 6.07 Å². The van der Waals surface area contributed by atoms with Crippen LogP contribution in [0.1, 0.15) is 26.5 Å². The lowest BCUT2D eigenvalue weighted by atomic mass is 10.1. The van der Waals surface area contributed by atoms with Gasteiger partial charge in [-0.15, -0.1) is 6.42 Å². The number of primary amides is 2. The number of amides is 2. The van der Waals surface area contributed by atoms with Gasteiger partial charge in [-0.1, -0.05) is 17.8 Å². The number of terminal acetylenes is 1. The zero-order chi connectivity index (χ0) is 39.1. The summed E-state index contributed by atoms with van der Waals surface area (Å²) < 4.78 is 90.6.